The summed E-state index contributed by atoms with van der Waals surface area (Å²) < 4.78 is 11.0. The third kappa shape index (κ3) is 4.29. The number of ether oxygens (including phenoxy) is 2. The number of benzene rings is 2. The number of para-hydroxylation sites is 1. The number of carbonyl (C=O) groups is 3. The fourth-order valence-corrected chi connectivity index (χ4v) is 3.10. The number of hydrogen-bond donors (Lipinski definition) is 1. The number of halogens is 1. The van der Waals surface area contributed by atoms with Gasteiger partial charge in [0.1, 0.15) is 12.2 Å². The number of rotatable bonds is 6. The van der Waals surface area contributed by atoms with E-state index in [0.717, 1.165) is 4.90 Å². The number of hydrogen-bond acceptors (Lipinski definition) is 5. The van der Waals surface area contributed by atoms with Crippen molar-refractivity contribution in [2.24, 2.45) is 0 Å². The largest absolute Gasteiger partial charge is 0.490 e. The molecule has 0 atom stereocenters. The Kier molecular flexibility index (Phi) is 6.40. The molecule has 0 bridgehead atoms. The number of terminal acetylenes is 1. The van der Waals surface area contributed by atoms with E-state index in [9.17, 15) is 14.4 Å². The normalized spacial score (nSPS) is 15.0. The second-order valence-corrected chi connectivity index (χ2v) is 6.46. The Morgan fingerprint density at radius 2 is 1.90 bits per heavy atom. The summed E-state index contributed by atoms with van der Waals surface area (Å²) >= 11 is 6.29. The van der Waals surface area contributed by atoms with Crippen molar-refractivity contribution in [3.05, 3.63) is 58.6 Å². The van der Waals surface area contributed by atoms with E-state index in [1.807, 2.05) is 0 Å². The summed E-state index contributed by atoms with van der Waals surface area (Å²) in [4.78, 5) is 38.4. The van der Waals surface area contributed by atoms with Crippen molar-refractivity contribution in [1.29, 1.82) is 0 Å². The number of imide groups is 2. The molecule has 1 aliphatic heterocycles. The van der Waals surface area contributed by atoms with E-state index in [1.165, 1.54) is 12.1 Å². The third-order valence-electron chi connectivity index (χ3n) is 4.06. The number of nitrogens with one attached hydrogen (secondary N) is 1. The summed E-state index contributed by atoms with van der Waals surface area (Å²) in [5.41, 5.74) is 0.524. The maximum absolute atomic E-state index is 12.9. The van der Waals surface area contributed by atoms with Crippen LogP contribution in [0.25, 0.3) is 6.08 Å². The molecular formula is C22H17ClN2O5. The van der Waals surface area contributed by atoms with E-state index >= 15 is 0 Å². The van der Waals surface area contributed by atoms with Crippen LogP contribution in [0.3, 0.4) is 0 Å². The van der Waals surface area contributed by atoms with Crippen molar-refractivity contribution < 1.29 is 23.9 Å². The maximum atomic E-state index is 12.9. The molecule has 1 saturated heterocycles. The Hall–Kier alpha value is -3.76. The highest BCUT2D eigenvalue weighted by atomic mass is 35.5. The van der Waals surface area contributed by atoms with Gasteiger partial charge in [-0.15, -0.1) is 6.42 Å². The quantitative estimate of drug-likeness (QED) is 0.436. The van der Waals surface area contributed by atoms with E-state index in [0.29, 0.717) is 23.6 Å². The van der Waals surface area contributed by atoms with Crippen molar-refractivity contribution in [1.82, 2.24) is 5.32 Å². The summed E-state index contributed by atoms with van der Waals surface area (Å²) in [7, 11) is 0. The molecule has 0 aromatic heterocycles. The molecular weight excluding hydrogens is 408 g/mol. The van der Waals surface area contributed by atoms with Gasteiger partial charge in [-0.1, -0.05) is 35.7 Å². The summed E-state index contributed by atoms with van der Waals surface area (Å²) in [6.07, 6.45) is 6.56. The lowest BCUT2D eigenvalue weighted by Gasteiger charge is -2.26. The van der Waals surface area contributed by atoms with Gasteiger partial charge in [0.25, 0.3) is 11.8 Å². The molecule has 7 nitrogen and oxygen atoms in total. The van der Waals surface area contributed by atoms with Gasteiger partial charge in [-0.3, -0.25) is 14.9 Å². The van der Waals surface area contributed by atoms with Gasteiger partial charge >= 0.3 is 6.03 Å². The summed E-state index contributed by atoms with van der Waals surface area (Å²) in [6.45, 7) is 2.11. The molecule has 30 heavy (non-hydrogen) atoms. The topological polar surface area (TPSA) is 84.9 Å². The zero-order valence-electron chi connectivity index (χ0n) is 16.0. The number of nitrogens with zero attached hydrogens (tertiary/aromatic N) is 1. The minimum atomic E-state index is -0.820. The summed E-state index contributed by atoms with van der Waals surface area (Å²) in [6, 6.07) is 10.5. The molecule has 4 amide bonds. The lowest BCUT2D eigenvalue weighted by Crippen LogP contribution is -2.54. The van der Waals surface area contributed by atoms with Crippen molar-refractivity contribution in [3.63, 3.8) is 0 Å². The van der Waals surface area contributed by atoms with Crippen LogP contribution in [0.4, 0.5) is 10.5 Å². The zero-order valence-corrected chi connectivity index (χ0v) is 16.7. The first-order valence-electron chi connectivity index (χ1n) is 8.95. The predicted molar refractivity (Wildman–Crippen MR) is 112 cm³/mol. The minimum Gasteiger partial charge on any atom is -0.490 e. The molecule has 2 aromatic rings. The van der Waals surface area contributed by atoms with Crippen LogP contribution in [0.2, 0.25) is 5.02 Å². The first kappa shape index (κ1) is 21.0. The van der Waals surface area contributed by atoms with Crippen LogP contribution in [0.5, 0.6) is 11.5 Å². The second kappa shape index (κ2) is 9.16. The monoisotopic (exact) mass is 424 g/mol. The Balaban J connectivity index is 2.02. The molecule has 2 aromatic carbocycles. The highest BCUT2D eigenvalue weighted by Gasteiger charge is 2.36. The molecule has 8 heteroatoms. The molecule has 0 unspecified atom stereocenters. The van der Waals surface area contributed by atoms with E-state index in [1.54, 1.807) is 43.3 Å². The van der Waals surface area contributed by atoms with Crippen molar-refractivity contribution >= 4 is 41.2 Å². The van der Waals surface area contributed by atoms with Gasteiger partial charge in [-0.2, -0.15) is 0 Å². The highest BCUT2D eigenvalue weighted by Crippen LogP contribution is 2.37. The van der Waals surface area contributed by atoms with Crippen LogP contribution in [0.1, 0.15) is 12.5 Å². The van der Waals surface area contributed by atoms with Crippen molar-refractivity contribution in [2.75, 3.05) is 18.1 Å². The van der Waals surface area contributed by atoms with Gasteiger partial charge in [-0.25, -0.2) is 9.69 Å². The highest BCUT2D eigenvalue weighted by molar-refractivity contribution is 6.39. The van der Waals surface area contributed by atoms with Crippen LogP contribution in [-0.2, 0) is 9.59 Å². The number of amides is 4. The summed E-state index contributed by atoms with van der Waals surface area (Å²) in [5.74, 6) is 1.36. The zero-order chi connectivity index (χ0) is 21.7. The fraction of sp³-hybridized carbons (Fsp3) is 0.136. The molecule has 0 saturated carbocycles. The fourth-order valence-electron chi connectivity index (χ4n) is 2.82. The molecule has 1 aliphatic rings. The lowest BCUT2D eigenvalue weighted by molar-refractivity contribution is -0.122. The first-order chi connectivity index (χ1) is 14.5. The smallest absolute Gasteiger partial charge is 0.335 e. The Morgan fingerprint density at radius 1 is 1.17 bits per heavy atom. The average Bonchev–Trinajstić information content (AvgIpc) is 2.71. The van der Waals surface area contributed by atoms with Crippen molar-refractivity contribution in [3.8, 4) is 23.8 Å². The molecule has 3 rings (SSSR count). The van der Waals surface area contributed by atoms with Crippen LogP contribution < -0.4 is 19.7 Å². The molecule has 0 radical (unpaired) electrons. The van der Waals surface area contributed by atoms with Crippen LogP contribution in [0.15, 0.2) is 48.0 Å². The number of anilines is 1. The van der Waals surface area contributed by atoms with Gasteiger partial charge in [0.15, 0.2) is 11.5 Å². The standard InChI is InChI=1S/C22H17ClN2O5/c1-3-10-30-19-17(23)12-14(13-18(19)29-4-2)11-16-20(26)24-22(28)25(21(16)27)15-8-6-5-7-9-15/h1,5-9,11-13H,4,10H2,2H3,(H,24,26,28)/b16-11+. The Bertz CT molecular complexity index is 1070. The van der Waals surface area contributed by atoms with Crippen LogP contribution in [0, 0.1) is 12.3 Å². The van der Waals surface area contributed by atoms with Crippen LogP contribution >= 0.6 is 11.6 Å². The van der Waals surface area contributed by atoms with E-state index in [4.69, 9.17) is 27.5 Å². The predicted octanol–water partition coefficient (Wildman–Crippen LogP) is 3.42. The van der Waals surface area contributed by atoms with Gasteiger partial charge in [0.05, 0.1) is 17.3 Å². The van der Waals surface area contributed by atoms with E-state index < -0.39 is 17.8 Å². The van der Waals surface area contributed by atoms with Gasteiger partial charge in [0, 0.05) is 0 Å². The molecule has 1 heterocycles. The lowest BCUT2D eigenvalue weighted by atomic mass is 10.1. The second-order valence-electron chi connectivity index (χ2n) is 6.05. The minimum absolute atomic E-state index is 0.00469. The number of carbonyl (C=O) groups excluding carboxylic acids is 3. The van der Waals surface area contributed by atoms with Gasteiger partial charge in [-0.05, 0) is 42.8 Å². The first-order valence-corrected chi connectivity index (χ1v) is 9.33. The van der Waals surface area contributed by atoms with E-state index in [2.05, 4.69) is 11.2 Å². The molecule has 0 aliphatic carbocycles. The molecule has 152 valence electrons. The number of barbiturate groups is 1. The van der Waals surface area contributed by atoms with Gasteiger partial charge < -0.3 is 9.47 Å². The van der Waals surface area contributed by atoms with Crippen LogP contribution in [-0.4, -0.2) is 31.1 Å². The molecule has 1 N–H and O–H groups in total. The van der Waals surface area contributed by atoms with Gasteiger partial charge in [0.2, 0.25) is 0 Å². The molecule has 0 spiro atoms. The Morgan fingerprint density at radius 3 is 2.57 bits per heavy atom. The van der Waals surface area contributed by atoms with Crippen molar-refractivity contribution in [2.45, 2.75) is 6.92 Å². The van der Waals surface area contributed by atoms with E-state index in [-0.39, 0.29) is 23.0 Å². The SMILES string of the molecule is C#CCOc1c(Cl)cc(/C=C2\C(=O)NC(=O)N(c3ccccc3)C2=O)cc1OCC. The number of urea groups is 1. The maximum Gasteiger partial charge on any atom is 0.335 e. The third-order valence-corrected chi connectivity index (χ3v) is 4.34. The average molecular weight is 425 g/mol. The summed E-state index contributed by atoms with van der Waals surface area (Å²) in [5, 5.41) is 2.37. The molecule has 1 fully saturated rings. The Labute approximate surface area is 178 Å².